The predicted molar refractivity (Wildman–Crippen MR) is 182 cm³/mol. The van der Waals surface area contributed by atoms with Gasteiger partial charge >= 0.3 is 12.1 Å². The van der Waals surface area contributed by atoms with Crippen molar-refractivity contribution < 1.29 is 33.8 Å². The van der Waals surface area contributed by atoms with Gasteiger partial charge in [-0.15, -0.1) is 11.3 Å². The molecule has 13 heteroatoms. The Balaban J connectivity index is 1.18. The molecule has 0 bridgehead atoms. The van der Waals surface area contributed by atoms with Crippen molar-refractivity contribution in [3.63, 3.8) is 0 Å². The van der Waals surface area contributed by atoms with E-state index in [0.29, 0.717) is 41.9 Å². The number of ether oxygens (including phenoxy) is 2. The van der Waals surface area contributed by atoms with Crippen LogP contribution in [0, 0.1) is 5.92 Å². The highest BCUT2D eigenvalue weighted by Crippen LogP contribution is 2.47. The smallest absolute Gasteiger partial charge is 0.408 e. The molecule has 2 aliphatic carbocycles. The van der Waals surface area contributed by atoms with Gasteiger partial charge in [-0.25, -0.2) is 19.6 Å². The molecule has 4 fully saturated rings. The minimum atomic E-state index is -1.34. The number of aromatic nitrogens is 2. The number of amides is 3. The van der Waals surface area contributed by atoms with Crippen LogP contribution in [0.25, 0.3) is 21.6 Å². The van der Waals surface area contributed by atoms with Crippen LogP contribution in [0.15, 0.2) is 41.8 Å². The number of rotatable bonds is 6. The molecular weight excluding hydrogens is 646 g/mol. The van der Waals surface area contributed by atoms with E-state index in [1.165, 1.54) is 16.2 Å². The van der Waals surface area contributed by atoms with Crippen molar-refractivity contribution >= 4 is 46.2 Å². The van der Waals surface area contributed by atoms with Gasteiger partial charge in [-0.2, -0.15) is 0 Å². The van der Waals surface area contributed by atoms with Crippen LogP contribution in [0.4, 0.5) is 4.79 Å². The Morgan fingerprint density at radius 1 is 0.918 bits per heavy atom. The number of para-hydroxylation sites is 2. The second-order valence-electron chi connectivity index (χ2n) is 13.8. The summed E-state index contributed by atoms with van der Waals surface area (Å²) >= 11 is 1.50. The number of carboxylic acid groups (broad SMARTS) is 1. The number of carboxylic acids is 1. The summed E-state index contributed by atoms with van der Waals surface area (Å²) in [5.41, 5.74) is 0.578. The van der Waals surface area contributed by atoms with E-state index in [2.05, 4.69) is 10.6 Å². The molecule has 3 N–H and O–H groups in total. The van der Waals surface area contributed by atoms with Crippen LogP contribution in [0.3, 0.4) is 0 Å². The lowest BCUT2D eigenvalue weighted by molar-refractivity contribution is -0.146. The number of hydrogen-bond acceptors (Lipinski definition) is 9. The third-order valence-electron chi connectivity index (χ3n) is 10.5. The second kappa shape index (κ2) is 14.3. The molecule has 2 aromatic heterocycles. The number of benzene rings is 1. The zero-order chi connectivity index (χ0) is 34.0. The number of carbonyl (C=O) groups excluding carboxylic acids is 3. The molecule has 3 amide bonds. The van der Waals surface area contributed by atoms with Crippen molar-refractivity contribution in [2.24, 2.45) is 5.92 Å². The molecule has 7 rings (SSSR count). The van der Waals surface area contributed by atoms with Crippen LogP contribution in [0.2, 0.25) is 0 Å². The van der Waals surface area contributed by atoms with E-state index >= 15 is 0 Å². The zero-order valence-corrected chi connectivity index (χ0v) is 28.3. The van der Waals surface area contributed by atoms with Gasteiger partial charge in [0.15, 0.2) is 0 Å². The van der Waals surface area contributed by atoms with Gasteiger partial charge in [0, 0.05) is 6.42 Å². The molecule has 2 saturated carbocycles. The first-order valence-electron chi connectivity index (χ1n) is 17.6. The van der Waals surface area contributed by atoms with Crippen LogP contribution >= 0.6 is 11.3 Å². The third-order valence-corrected chi connectivity index (χ3v) is 11.3. The Kier molecular flexibility index (Phi) is 9.71. The summed E-state index contributed by atoms with van der Waals surface area (Å²) in [6.07, 6.45) is 8.10. The summed E-state index contributed by atoms with van der Waals surface area (Å²) in [4.78, 5) is 65.9. The fourth-order valence-corrected chi connectivity index (χ4v) is 8.39. The first kappa shape index (κ1) is 33.2. The number of fused-ring (bicyclic) bond motifs is 3. The Bertz CT molecular complexity index is 1700. The van der Waals surface area contributed by atoms with Crippen LogP contribution in [-0.4, -0.2) is 80.2 Å². The Morgan fingerprint density at radius 2 is 1.63 bits per heavy atom. The molecule has 0 spiro atoms. The quantitative estimate of drug-likeness (QED) is 0.306. The lowest BCUT2D eigenvalue weighted by Gasteiger charge is -2.29. The van der Waals surface area contributed by atoms with Crippen molar-refractivity contribution in [3.8, 4) is 16.5 Å². The Hall–Kier alpha value is -4.26. The van der Waals surface area contributed by atoms with Crippen LogP contribution < -0.4 is 15.4 Å². The minimum Gasteiger partial charge on any atom is -0.479 e. The molecular formula is C36H43N5O7S. The summed E-state index contributed by atoms with van der Waals surface area (Å²) < 4.78 is 12.2. The van der Waals surface area contributed by atoms with E-state index in [0.717, 1.165) is 62.7 Å². The number of nitrogens with zero attached hydrogens (tertiary/aromatic N) is 3. The summed E-state index contributed by atoms with van der Waals surface area (Å²) in [6.45, 7) is 0.0503. The average molecular weight is 690 g/mol. The maximum absolute atomic E-state index is 14.4. The summed E-state index contributed by atoms with van der Waals surface area (Å²) in [5.74, 6) is -1.86. The number of alkyl carbamates (subject to hydrolysis) is 1. The van der Waals surface area contributed by atoms with E-state index in [1.54, 1.807) is 0 Å². The van der Waals surface area contributed by atoms with Crippen molar-refractivity contribution in [2.75, 3.05) is 6.54 Å². The number of aliphatic carboxylic acids is 1. The largest absolute Gasteiger partial charge is 0.479 e. The first-order chi connectivity index (χ1) is 23.8. The van der Waals surface area contributed by atoms with Gasteiger partial charge < -0.3 is 30.1 Å². The number of thiophene rings is 1. The maximum Gasteiger partial charge on any atom is 0.408 e. The molecule has 4 heterocycles. The van der Waals surface area contributed by atoms with Gasteiger partial charge in [0.2, 0.25) is 17.7 Å². The number of carbonyl (C=O) groups is 4. The molecule has 260 valence electrons. The van der Waals surface area contributed by atoms with E-state index < -0.39 is 47.6 Å². The first-order valence-corrected chi connectivity index (χ1v) is 18.5. The number of hydrogen-bond donors (Lipinski definition) is 3. The second-order valence-corrected chi connectivity index (χ2v) is 14.8. The molecule has 5 atom stereocenters. The molecule has 1 aromatic carbocycles. The summed E-state index contributed by atoms with van der Waals surface area (Å²) in [6, 6.07) is 9.44. The zero-order valence-electron chi connectivity index (χ0n) is 27.5. The van der Waals surface area contributed by atoms with E-state index in [1.807, 2.05) is 41.8 Å². The summed E-state index contributed by atoms with van der Waals surface area (Å²) in [7, 11) is 0. The van der Waals surface area contributed by atoms with Crippen LogP contribution in [-0.2, 0) is 19.1 Å². The van der Waals surface area contributed by atoms with Gasteiger partial charge in [-0.05, 0) is 74.4 Å². The molecule has 12 nitrogen and oxygen atoms in total. The highest BCUT2D eigenvalue weighted by molar-refractivity contribution is 7.13. The predicted octanol–water partition coefficient (Wildman–Crippen LogP) is 5.45. The molecule has 3 aromatic rings. The van der Waals surface area contributed by atoms with Crippen LogP contribution in [0.1, 0.15) is 83.5 Å². The van der Waals surface area contributed by atoms with Gasteiger partial charge in [0.1, 0.15) is 35.5 Å². The molecule has 0 radical (unpaired) electrons. The molecule has 2 saturated heterocycles. The highest BCUT2D eigenvalue weighted by Gasteiger charge is 2.62. The minimum absolute atomic E-state index is 0.0503. The van der Waals surface area contributed by atoms with Gasteiger partial charge in [0.25, 0.3) is 0 Å². The van der Waals surface area contributed by atoms with Crippen LogP contribution in [0.5, 0.6) is 5.88 Å². The fraction of sp³-hybridized carbons (Fsp3) is 0.556. The van der Waals surface area contributed by atoms with Gasteiger partial charge in [-0.1, -0.05) is 50.3 Å². The molecule has 49 heavy (non-hydrogen) atoms. The van der Waals surface area contributed by atoms with Gasteiger partial charge in [0.05, 0.1) is 22.5 Å². The van der Waals surface area contributed by atoms with E-state index in [-0.39, 0.29) is 25.0 Å². The maximum atomic E-state index is 14.4. The standard InChI is InChI=1S/C36H43N5O7S/c42-31-28-19-24(47-32-30(29-17-10-18-49-29)37-25-14-8-9-15-26(25)38-32)21-41(28)33(43)27(39-35(46)48-23-12-6-7-13-23)16-5-3-1-2-4-11-22-20-36(22,40-31)34(44)45/h8-10,14-15,17-18,22-24,27-28H,1-7,11-13,16,19-21H2,(H,39,46)(H,40,42)(H,44,45)/t22?,24-,27+,28+,36?/m1/s1. The SMILES string of the molecule is O=C(N[C@H]1CCCCCCCC2CC2(C(=O)O)NC(=O)[C@@H]2C[C@@H](Oc3nc4ccccc4nc3-c3cccs3)CN2C1=O)OC1CCCC1. The van der Waals surface area contributed by atoms with E-state index in [9.17, 15) is 24.3 Å². The molecule has 4 aliphatic rings. The molecule has 2 unspecified atom stereocenters. The van der Waals surface area contributed by atoms with E-state index in [4.69, 9.17) is 19.4 Å². The fourth-order valence-electron chi connectivity index (χ4n) is 7.68. The van der Waals surface area contributed by atoms with Crippen molar-refractivity contribution in [2.45, 2.75) is 113 Å². The monoisotopic (exact) mass is 689 g/mol. The topological polar surface area (TPSA) is 160 Å². The normalized spacial score (nSPS) is 28.1. The summed E-state index contributed by atoms with van der Waals surface area (Å²) in [5, 5.41) is 17.8. The Labute approximate surface area is 289 Å². The lowest BCUT2D eigenvalue weighted by atomic mass is 10.0. The molecule has 2 aliphatic heterocycles. The average Bonchev–Trinajstić information content (AvgIpc) is 3.58. The Morgan fingerprint density at radius 3 is 2.37 bits per heavy atom. The van der Waals surface area contributed by atoms with Crippen molar-refractivity contribution in [1.82, 2.24) is 25.5 Å². The van der Waals surface area contributed by atoms with Crippen molar-refractivity contribution in [3.05, 3.63) is 41.8 Å². The van der Waals surface area contributed by atoms with Crippen molar-refractivity contribution in [1.29, 1.82) is 0 Å². The lowest BCUT2D eigenvalue weighted by Crippen LogP contribution is -2.56. The number of nitrogens with one attached hydrogen (secondary N) is 2. The highest BCUT2D eigenvalue weighted by atomic mass is 32.1. The van der Waals surface area contributed by atoms with Gasteiger partial charge in [-0.3, -0.25) is 9.59 Å². The third kappa shape index (κ3) is 7.22.